The molecule has 2 aromatic carbocycles. The maximum atomic E-state index is 12.3. The largest absolute Gasteiger partial charge is 0.457 e. The standard InChI is InChI=1S/C21H18N2O6S/c1-2-30(27,28)22-17-7-3-15(4-8-17)20(24)13-11-19-12-14-21(29-19)16-5-9-18(10-6-16)23(25)26/h3-14,22H,2H2,1H3/b13-11+. The van der Waals surface area contributed by atoms with Gasteiger partial charge in [0.1, 0.15) is 11.5 Å². The second kappa shape index (κ2) is 8.75. The molecule has 3 rings (SSSR count). The van der Waals surface area contributed by atoms with Gasteiger partial charge in [-0.15, -0.1) is 0 Å². The van der Waals surface area contributed by atoms with Gasteiger partial charge in [-0.05, 0) is 67.6 Å². The zero-order chi connectivity index (χ0) is 21.7. The molecule has 1 N–H and O–H groups in total. The van der Waals surface area contributed by atoms with Crippen LogP contribution in [0.15, 0.2) is 71.2 Å². The number of nitro groups is 1. The highest BCUT2D eigenvalue weighted by Crippen LogP contribution is 2.25. The first-order valence-electron chi connectivity index (χ1n) is 8.95. The van der Waals surface area contributed by atoms with E-state index in [1.807, 2.05) is 0 Å². The lowest BCUT2D eigenvalue weighted by Gasteiger charge is -2.05. The van der Waals surface area contributed by atoms with E-state index in [2.05, 4.69) is 4.72 Å². The first-order chi connectivity index (χ1) is 14.3. The zero-order valence-corrected chi connectivity index (χ0v) is 16.8. The molecule has 0 fully saturated rings. The van der Waals surface area contributed by atoms with Crippen LogP contribution in [0.25, 0.3) is 17.4 Å². The molecule has 9 heteroatoms. The SMILES string of the molecule is CCS(=O)(=O)Nc1ccc(C(=O)/C=C/c2ccc(-c3ccc([N+](=O)[O-])cc3)o2)cc1. The number of carbonyl (C=O) groups excluding carboxylic acids is 1. The van der Waals surface area contributed by atoms with Crippen LogP contribution < -0.4 is 4.72 Å². The van der Waals surface area contributed by atoms with Crippen LogP contribution in [0.2, 0.25) is 0 Å². The van der Waals surface area contributed by atoms with E-state index >= 15 is 0 Å². The molecule has 0 aliphatic rings. The topological polar surface area (TPSA) is 120 Å². The van der Waals surface area contributed by atoms with Crippen LogP contribution in [0, 0.1) is 10.1 Å². The van der Waals surface area contributed by atoms with Crippen LogP contribution in [-0.2, 0) is 10.0 Å². The Balaban J connectivity index is 1.67. The molecule has 1 aromatic heterocycles. The van der Waals surface area contributed by atoms with Crippen molar-refractivity contribution in [1.82, 2.24) is 0 Å². The molecule has 0 saturated heterocycles. The van der Waals surface area contributed by atoms with Crippen LogP contribution >= 0.6 is 0 Å². The number of non-ortho nitro benzene ring substituents is 1. The first kappa shape index (κ1) is 21.0. The fourth-order valence-electron chi connectivity index (χ4n) is 2.55. The monoisotopic (exact) mass is 426 g/mol. The number of nitro benzene ring substituents is 1. The van der Waals surface area contributed by atoms with E-state index in [-0.39, 0.29) is 17.2 Å². The molecule has 0 spiro atoms. The van der Waals surface area contributed by atoms with Gasteiger partial charge >= 0.3 is 0 Å². The van der Waals surface area contributed by atoms with Gasteiger partial charge < -0.3 is 4.42 Å². The van der Waals surface area contributed by atoms with Crippen LogP contribution in [0.3, 0.4) is 0 Å². The molecule has 0 amide bonds. The normalized spacial score (nSPS) is 11.5. The van der Waals surface area contributed by atoms with E-state index in [0.29, 0.717) is 28.3 Å². The minimum absolute atomic E-state index is 0.00969. The molecule has 154 valence electrons. The number of anilines is 1. The smallest absolute Gasteiger partial charge is 0.269 e. The van der Waals surface area contributed by atoms with Crippen molar-refractivity contribution in [2.75, 3.05) is 10.5 Å². The van der Waals surface area contributed by atoms with Crippen LogP contribution in [0.4, 0.5) is 11.4 Å². The highest BCUT2D eigenvalue weighted by atomic mass is 32.2. The first-order valence-corrected chi connectivity index (χ1v) is 10.6. The second-order valence-corrected chi connectivity index (χ2v) is 8.30. The highest BCUT2D eigenvalue weighted by Gasteiger charge is 2.09. The van der Waals surface area contributed by atoms with E-state index in [1.165, 1.54) is 55.5 Å². The molecule has 0 saturated carbocycles. The van der Waals surface area contributed by atoms with E-state index < -0.39 is 14.9 Å². The molecule has 1 heterocycles. The van der Waals surface area contributed by atoms with Gasteiger partial charge in [-0.25, -0.2) is 8.42 Å². The second-order valence-electron chi connectivity index (χ2n) is 6.29. The molecule has 0 bridgehead atoms. The summed E-state index contributed by atoms with van der Waals surface area (Å²) in [5.74, 6) is 0.656. The Labute approximate surface area is 173 Å². The molecule has 0 radical (unpaired) electrons. The predicted molar refractivity (Wildman–Crippen MR) is 114 cm³/mol. The Hall–Kier alpha value is -3.72. The van der Waals surface area contributed by atoms with Gasteiger partial charge in [-0.1, -0.05) is 0 Å². The number of hydrogen-bond donors (Lipinski definition) is 1. The van der Waals surface area contributed by atoms with Gasteiger partial charge in [0, 0.05) is 28.9 Å². The summed E-state index contributed by atoms with van der Waals surface area (Å²) in [4.78, 5) is 22.6. The Morgan fingerprint density at radius 3 is 2.33 bits per heavy atom. The van der Waals surface area contributed by atoms with Crippen LogP contribution in [0.1, 0.15) is 23.0 Å². The van der Waals surface area contributed by atoms with Crippen molar-refractivity contribution < 1.29 is 22.6 Å². The number of rotatable bonds is 8. The summed E-state index contributed by atoms with van der Waals surface area (Å²) in [6, 6.07) is 15.5. The predicted octanol–water partition coefficient (Wildman–Crippen LogP) is 4.51. The Morgan fingerprint density at radius 1 is 1.07 bits per heavy atom. The summed E-state index contributed by atoms with van der Waals surface area (Å²) in [6.07, 6.45) is 2.87. The third-order valence-electron chi connectivity index (χ3n) is 4.21. The number of ketones is 1. The average molecular weight is 426 g/mol. The molecule has 0 aliphatic carbocycles. The molecular weight excluding hydrogens is 408 g/mol. The lowest BCUT2D eigenvalue weighted by Crippen LogP contribution is -2.14. The summed E-state index contributed by atoms with van der Waals surface area (Å²) in [5.41, 5.74) is 1.45. The summed E-state index contributed by atoms with van der Waals surface area (Å²) in [7, 11) is -3.37. The molecular formula is C21H18N2O6S. The van der Waals surface area contributed by atoms with Gasteiger partial charge in [0.05, 0.1) is 10.7 Å². The number of benzene rings is 2. The molecule has 0 aliphatic heterocycles. The van der Waals surface area contributed by atoms with Gasteiger partial charge in [0.2, 0.25) is 10.0 Å². The Bertz CT molecular complexity index is 1190. The van der Waals surface area contributed by atoms with Crippen molar-refractivity contribution in [3.05, 3.63) is 88.2 Å². The minimum Gasteiger partial charge on any atom is -0.457 e. The zero-order valence-electron chi connectivity index (χ0n) is 15.9. The summed E-state index contributed by atoms with van der Waals surface area (Å²) < 4.78 is 31.2. The molecule has 0 atom stereocenters. The van der Waals surface area contributed by atoms with Crippen LogP contribution in [-0.4, -0.2) is 24.9 Å². The van der Waals surface area contributed by atoms with E-state index in [0.717, 1.165) is 0 Å². The van der Waals surface area contributed by atoms with Gasteiger partial charge in [-0.3, -0.25) is 19.6 Å². The Kier molecular flexibility index (Phi) is 6.12. The van der Waals surface area contributed by atoms with Gasteiger partial charge in [0.15, 0.2) is 5.78 Å². The van der Waals surface area contributed by atoms with Gasteiger partial charge in [-0.2, -0.15) is 0 Å². The summed E-state index contributed by atoms with van der Waals surface area (Å²) in [5, 5.41) is 10.7. The van der Waals surface area contributed by atoms with Crippen molar-refractivity contribution in [3.8, 4) is 11.3 Å². The molecule has 8 nitrogen and oxygen atoms in total. The van der Waals surface area contributed by atoms with Crippen molar-refractivity contribution in [2.45, 2.75) is 6.92 Å². The third kappa shape index (κ3) is 5.21. The lowest BCUT2D eigenvalue weighted by atomic mass is 10.1. The van der Waals surface area contributed by atoms with Crippen molar-refractivity contribution >= 4 is 33.3 Å². The quantitative estimate of drug-likeness (QED) is 0.245. The summed E-state index contributed by atoms with van der Waals surface area (Å²) in [6.45, 7) is 1.53. The minimum atomic E-state index is -3.37. The van der Waals surface area contributed by atoms with Gasteiger partial charge in [0.25, 0.3) is 5.69 Å². The molecule has 0 unspecified atom stereocenters. The van der Waals surface area contributed by atoms with E-state index in [4.69, 9.17) is 4.42 Å². The van der Waals surface area contributed by atoms with E-state index in [9.17, 15) is 23.3 Å². The highest BCUT2D eigenvalue weighted by molar-refractivity contribution is 7.92. The number of allylic oxidation sites excluding steroid dienone is 1. The van der Waals surface area contributed by atoms with Crippen molar-refractivity contribution in [3.63, 3.8) is 0 Å². The lowest BCUT2D eigenvalue weighted by molar-refractivity contribution is -0.384. The number of hydrogen-bond acceptors (Lipinski definition) is 6. The molecule has 3 aromatic rings. The Morgan fingerprint density at radius 2 is 1.73 bits per heavy atom. The van der Waals surface area contributed by atoms with Crippen LogP contribution in [0.5, 0.6) is 0 Å². The average Bonchev–Trinajstić information content (AvgIpc) is 3.21. The van der Waals surface area contributed by atoms with E-state index in [1.54, 1.807) is 24.3 Å². The van der Waals surface area contributed by atoms with Crippen molar-refractivity contribution in [2.24, 2.45) is 0 Å². The van der Waals surface area contributed by atoms with Crippen molar-refractivity contribution in [1.29, 1.82) is 0 Å². The number of carbonyl (C=O) groups is 1. The maximum absolute atomic E-state index is 12.3. The number of sulfonamides is 1. The third-order valence-corrected chi connectivity index (χ3v) is 5.52. The maximum Gasteiger partial charge on any atom is 0.269 e. The number of nitrogens with zero attached hydrogens (tertiary/aromatic N) is 1. The molecule has 30 heavy (non-hydrogen) atoms. The number of furan rings is 1. The fraction of sp³-hybridized carbons (Fsp3) is 0.0952. The summed E-state index contributed by atoms with van der Waals surface area (Å²) >= 11 is 0. The number of nitrogens with one attached hydrogen (secondary N) is 1. The fourth-order valence-corrected chi connectivity index (χ4v) is 3.19.